The molecule has 0 radical (unpaired) electrons. The molecule has 4 amide bonds. The van der Waals surface area contributed by atoms with E-state index in [0.717, 1.165) is 5.56 Å². The minimum atomic E-state index is -1.15. The van der Waals surface area contributed by atoms with Crippen molar-refractivity contribution in [3.05, 3.63) is 35.9 Å². The summed E-state index contributed by atoms with van der Waals surface area (Å²) >= 11 is 0. The van der Waals surface area contributed by atoms with Crippen LogP contribution < -0.4 is 21.7 Å². The zero-order chi connectivity index (χ0) is 52.0. The van der Waals surface area contributed by atoms with Crippen LogP contribution in [0.4, 0.5) is 0 Å². The van der Waals surface area contributed by atoms with Gasteiger partial charge in [-0.05, 0) is 63.0 Å². The van der Waals surface area contributed by atoms with Gasteiger partial charge < -0.3 is 44.7 Å². The van der Waals surface area contributed by atoms with Gasteiger partial charge >= 0.3 is 5.97 Å². The van der Waals surface area contributed by atoms with Gasteiger partial charge in [0.15, 0.2) is 12.0 Å². The van der Waals surface area contributed by atoms with E-state index in [1.807, 2.05) is 71.9 Å². The number of carbonyl (C=O) groups is 8. The summed E-state index contributed by atoms with van der Waals surface area (Å²) in [5.41, 5.74) is 6.37. The number of benzene rings is 1. The second kappa shape index (κ2) is 30.7. The summed E-state index contributed by atoms with van der Waals surface area (Å²) in [5.74, 6) is -4.26. The third-order valence-electron chi connectivity index (χ3n) is 13.6. The van der Waals surface area contributed by atoms with E-state index >= 15 is 0 Å². The van der Waals surface area contributed by atoms with Gasteiger partial charge in [-0.1, -0.05) is 85.2 Å². The van der Waals surface area contributed by atoms with Crippen LogP contribution in [0.1, 0.15) is 112 Å². The first kappa shape index (κ1) is 60.3. The molecule has 0 spiro atoms. The average Bonchev–Trinajstić information content (AvgIpc) is 3.79. The summed E-state index contributed by atoms with van der Waals surface area (Å²) in [5, 5.41) is 8.41. The van der Waals surface area contributed by atoms with Gasteiger partial charge in [0.1, 0.15) is 11.8 Å². The molecule has 11 atom stereocenters. The number of carbonyl (C=O) groups excluding carboxylic acids is 8. The highest BCUT2D eigenvalue weighted by atomic mass is 16.5. The van der Waals surface area contributed by atoms with E-state index in [0.29, 0.717) is 32.2 Å². The fourth-order valence-corrected chi connectivity index (χ4v) is 9.39. The van der Waals surface area contributed by atoms with Crippen molar-refractivity contribution >= 4 is 47.6 Å². The third kappa shape index (κ3) is 18.8. The van der Waals surface area contributed by atoms with Crippen LogP contribution in [-0.2, 0) is 63.7 Å². The van der Waals surface area contributed by atoms with Gasteiger partial charge in [-0.3, -0.25) is 39.3 Å². The maximum absolute atomic E-state index is 14.4. The molecule has 0 aromatic heterocycles. The Morgan fingerprint density at radius 3 is 2.13 bits per heavy atom. The van der Waals surface area contributed by atoms with Crippen molar-refractivity contribution in [1.82, 2.24) is 25.8 Å². The van der Waals surface area contributed by atoms with Crippen molar-refractivity contribution in [1.29, 1.82) is 0 Å². The lowest BCUT2D eigenvalue weighted by Crippen LogP contribution is -2.54. The Balaban J connectivity index is 2.19. The van der Waals surface area contributed by atoms with Crippen LogP contribution in [-0.4, -0.2) is 148 Å². The second-order valence-corrected chi connectivity index (χ2v) is 19.3. The zero-order valence-electron chi connectivity index (χ0n) is 43.3. The number of hydrogen-bond acceptors (Lipinski definition) is 14. The minimum absolute atomic E-state index is 0.0125. The molecule has 2 rings (SSSR count). The number of ketones is 2. The van der Waals surface area contributed by atoms with Crippen molar-refractivity contribution in [3.8, 4) is 0 Å². The predicted octanol–water partition coefficient (Wildman–Crippen LogP) is 3.60. The molecular weight excluding hydrogens is 889 g/mol. The molecule has 1 unspecified atom stereocenters. The van der Waals surface area contributed by atoms with Gasteiger partial charge in [0, 0.05) is 65.0 Å². The van der Waals surface area contributed by atoms with Crippen LogP contribution >= 0.6 is 0 Å². The molecule has 390 valence electrons. The molecule has 1 aliphatic rings. The van der Waals surface area contributed by atoms with Gasteiger partial charge in [-0.25, -0.2) is 4.79 Å². The first-order chi connectivity index (χ1) is 32.7. The van der Waals surface area contributed by atoms with E-state index in [2.05, 4.69) is 20.7 Å². The highest BCUT2D eigenvalue weighted by Gasteiger charge is 2.43. The van der Waals surface area contributed by atoms with Crippen molar-refractivity contribution in [2.75, 3.05) is 48.0 Å². The number of Topliss-reactive ketones (excluding diaryl/α,β-unsaturated/α-hetero) is 2. The van der Waals surface area contributed by atoms with Crippen molar-refractivity contribution in [2.45, 2.75) is 156 Å². The van der Waals surface area contributed by atoms with Crippen LogP contribution in [0.15, 0.2) is 30.3 Å². The lowest BCUT2D eigenvalue weighted by atomic mass is 9.84. The highest BCUT2D eigenvalue weighted by Crippen LogP contribution is 2.32. The van der Waals surface area contributed by atoms with Gasteiger partial charge in [-0.2, -0.15) is 0 Å². The third-order valence-corrected chi connectivity index (χ3v) is 13.6. The second-order valence-electron chi connectivity index (χ2n) is 19.3. The summed E-state index contributed by atoms with van der Waals surface area (Å²) in [6.07, 6.45) is -0.232. The monoisotopic (exact) mass is 973 g/mol. The normalized spacial score (nSPS) is 18.1. The number of nitrogens with one attached hydrogen (secondary N) is 3. The summed E-state index contributed by atoms with van der Waals surface area (Å²) in [6.45, 7) is 15.8. The minimum Gasteiger partial charge on any atom is -0.464 e. The number of ether oxygens (including phenoxy) is 4. The summed E-state index contributed by atoms with van der Waals surface area (Å²) in [4.78, 5) is 109. The van der Waals surface area contributed by atoms with Gasteiger partial charge in [-0.15, -0.1) is 0 Å². The number of esters is 1. The molecule has 1 aliphatic heterocycles. The van der Waals surface area contributed by atoms with Crippen LogP contribution in [0.2, 0.25) is 0 Å². The van der Waals surface area contributed by atoms with Crippen molar-refractivity contribution in [3.63, 3.8) is 0 Å². The average molecular weight is 973 g/mol. The van der Waals surface area contributed by atoms with Crippen LogP contribution in [0.25, 0.3) is 0 Å². The quantitative estimate of drug-likeness (QED) is 0.0341. The number of rotatable bonds is 33. The first-order valence-corrected chi connectivity index (χ1v) is 24.6. The van der Waals surface area contributed by atoms with Crippen LogP contribution in [0, 0.1) is 35.5 Å². The number of hydrogen-bond donors (Lipinski definition) is 4. The molecule has 0 bridgehead atoms. The molecule has 1 heterocycles. The van der Waals surface area contributed by atoms with E-state index in [1.54, 1.807) is 37.9 Å². The van der Waals surface area contributed by atoms with E-state index in [9.17, 15) is 38.4 Å². The number of nitrogens with two attached hydrogens (primary N) is 1. The number of nitrogens with zero attached hydrogens (tertiary/aromatic N) is 2. The lowest BCUT2D eigenvalue weighted by Gasteiger charge is -2.41. The smallest absolute Gasteiger partial charge is 0.328 e. The topological polar surface area (TPSA) is 242 Å². The lowest BCUT2D eigenvalue weighted by molar-refractivity contribution is -0.149. The molecule has 18 nitrogen and oxygen atoms in total. The molecule has 0 aliphatic carbocycles. The maximum atomic E-state index is 14.4. The van der Waals surface area contributed by atoms with E-state index < -0.39 is 66.2 Å². The highest BCUT2D eigenvalue weighted by molar-refractivity contribution is 5.90. The Labute approximate surface area is 410 Å². The fourth-order valence-electron chi connectivity index (χ4n) is 9.39. The Morgan fingerprint density at radius 2 is 1.57 bits per heavy atom. The summed E-state index contributed by atoms with van der Waals surface area (Å²) in [7, 11) is 6.57. The van der Waals surface area contributed by atoms with Crippen molar-refractivity contribution in [2.24, 2.45) is 41.2 Å². The zero-order valence-corrected chi connectivity index (χ0v) is 43.3. The Morgan fingerprint density at radius 1 is 0.899 bits per heavy atom. The summed E-state index contributed by atoms with van der Waals surface area (Å²) in [6, 6.07) is 7.11. The molecule has 0 saturated carbocycles. The number of methoxy groups -OCH3 is 2. The fraction of sp³-hybridized carbons (Fsp3) is 0.725. The predicted molar refractivity (Wildman–Crippen MR) is 261 cm³/mol. The molecule has 1 aromatic carbocycles. The first-order valence-electron chi connectivity index (χ1n) is 24.6. The molecule has 5 N–H and O–H groups in total. The molecule has 69 heavy (non-hydrogen) atoms. The standard InChI is InChI=1S/C51H84N6O12/c1-13-33(6)47(56(10)50(64)38(31(2)3)27-41(60)46(53-9)32(4)5)42(66-11)28-45(62)57-23-17-21-39(57)48(67-12)34(7)40(59)26-37(25-36-19-15-14-16-20-36)49(63)54-22-18-24-68-51(65)35(8)55-44(61)29-43(52)69-30-58/h14-16,19-20,30-35,37-39,42-43,46-48,53H,13,17-18,21-29,52H2,1-12H3,(H,54,63)(H,55,61)/t33-,34-,35-,37+,38-,39-,42+,43?,46-,47-,48+/m0/s1. The van der Waals surface area contributed by atoms with Gasteiger partial charge in [0.25, 0.3) is 6.47 Å². The number of amides is 4. The Hall–Kier alpha value is -4.78. The number of likely N-dealkylation sites (tertiary alicyclic amines) is 1. The van der Waals surface area contributed by atoms with Crippen LogP contribution in [0.5, 0.6) is 0 Å². The van der Waals surface area contributed by atoms with Gasteiger partial charge in [0.2, 0.25) is 23.6 Å². The van der Waals surface area contributed by atoms with E-state index in [-0.39, 0.29) is 105 Å². The van der Waals surface area contributed by atoms with Crippen LogP contribution in [0.3, 0.4) is 0 Å². The molecular formula is C51H84N6O12. The SMILES string of the molecule is CC[C@H](C)[C@@H]([C@@H](CC(=O)N1CCC[C@H]1[C@H](OC)[C@@H](C)C(=O)C[C@@H](Cc1ccccc1)C(=O)NCCCOC(=O)[C@H](C)NC(=O)CC(N)OC=O)OC)N(C)C(=O)[C@@H](CC(=O)[C@@H](NC)C(C)C)C(C)C. The largest absolute Gasteiger partial charge is 0.464 e. The number of likely N-dealkylation sites (N-methyl/N-ethyl adjacent to an activating group) is 2. The Bertz CT molecular complexity index is 1800. The van der Waals surface area contributed by atoms with E-state index in [1.165, 1.54) is 14.0 Å². The molecule has 18 heteroatoms. The van der Waals surface area contributed by atoms with Crippen molar-refractivity contribution < 1.29 is 57.3 Å². The molecule has 1 fully saturated rings. The maximum Gasteiger partial charge on any atom is 0.328 e. The summed E-state index contributed by atoms with van der Waals surface area (Å²) < 4.78 is 21.9. The Kier molecular flexibility index (Phi) is 26.9. The van der Waals surface area contributed by atoms with E-state index in [4.69, 9.17) is 19.9 Å². The van der Waals surface area contributed by atoms with Gasteiger partial charge in [0.05, 0.1) is 49.8 Å². The molecule has 1 aromatic rings. The molecule has 1 saturated heterocycles.